The number of fused-ring (bicyclic) bond motifs is 1. The SMILES string of the molecule is O=C1CC[C@H](C(=O)N2CCOc3ccccc3C2)CN1CCc1ccccn1. The Kier molecular flexibility index (Phi) is 5.55. The third-order valence-electron chi connectivity index (χ3n) is 5.48. The molecule has 0 N–H and O–H groups in total. The van der Waals surface area contributed by atoms with Crippen LogP contribution in [0.15, 0.2) is 48.7 Å². The van der Waals surface area contributed by atoms with Crippen LogP contribution < -0.4 is 4.74 Å². The second kappa shape index (κ2) is 8.42. The van der Waals surface area contributed by atoms with Crippen LogP contribution >= 0.6 is 0 Å². The van der Waals surface area contributed by atoms with Gasteiger partial charge in [-0.2, -0.15) is 0 Å². The number of pyridine rings is 1. The smallest absolute Gasteiger partial charge is 0.227 e. The minimum Gasteiger partial charge on any atom is -0.491 e. The third-order valence-corrected chi connectivity index (χ3v) is 5.48. The number of benzene rings is 1. The molecule has 2 aliphatic rings. The van der Waals surface area contributed by atoms with Crippen molar-refractivity contribution >= 4 is 11.8 Å². The van der Waals surface area contributed by atoms with Crippen LogP contribution in [0.1, 0.15) is 24.1 Å². The van der Waals surface area contributed by atoms with E-state index in [-0.39, 0.29) is 17.7 Å². The second-order valence-corrected chi connectivity index (χ2v) is 7.36. The van der Waals surface area contributed by atoms with Gasteiger partial charge in [0.1, 0.15) is 12.4 Å². The monoisotopic (exact) mass is 379 g/mol. The number of nitrogens with zero attached hydrogens (tertiary/aromatic N) is 3. The lowest BCUT2D eigenvalue weighted by Crippen LogP contribution is -2.47. The lowest BCUT2D eigenvalue weighted by atomic mass is 9.95. The van der Waals surface area contributed by atoms with Gasteiger partial charge in [0.05, 0.1) is 12.5 Å². The number of amides is 2. The molecule has 6 nitrogen and oxygen atoms in total. The Morgan fingerprint density at radius 2 is 2.04 bits per heavy atom. The first kappa shape index (κ1) is 18.5. The van der Waals surface area contributed by atoms with Crippen molar-refractivity contribution in [3.63, 3.8) is 0 Å². The Morgan fingerprint density at radius 3 is 2.89 bits per heavy atom. The molecule has 1 aromatic heterocycles. The van der Waals surface area contributed by atoms with Gasteiger partial charge >= 0.3 is 0 Å². The van der Waals surface area contributed by atoms with E-state index in [1.165, 1.54) is 0 Å². The fourth-order valence-corrected chi connectivity index (χ4v) is 3.90. The molecular weight excluding hydrogens is 354 g/mol. The topological polar surface area (TPSA) is 62.7 Å². The number of rotatable bonds is 4. The Labute approximate surface area is 165 Å². The zero-order valence-electron chi connectivity index (χ0n) is 15.9. The first-order valence-electron chi connectivity index (χ1n) is 9.88. The Balaban J connectivity index is 1.39. The number of likely N-dealkylation sites (tertiary alicyclic amines) is 1. The van der Waals surface area contributed by atoms with Crippen molar-refractivity contribution < 1.29 is 14.3 Å². The zero-order chi connectivity index (χ0) is 19.3. The van der Waals surface area contributed by atoms with Crippen molar-refractivity contribution in [3.8, 4) is 5.75 Å². The largest absolute Gasteiger partial charge is 0.491 e. The van der Waals surface area contributed by atoms with Crippen molar-refractivity contribution in [1.82, 2.24) is 14.8 Å². The summed E-state index contributed by atoms with van der Waals surface area (Å²) in [6.07, 6.45) is 3.52. The predicted molar refractivity (Wildman–Crippen MR) is 105 cm³/mol. The molecular formula is C22H25N3O3. The third kappa shape index (κ3) is 4.16. The van der Waals surface area contributed by atoms with Crippen LogP contribution in [-0.4, -0.2) is 52.8 Å². The van der Waals surface area contributed by atoms with Crippen LogP contribution in [-0.2, 0) is 22.6 Å². The molecule has 3 heterocycles. The van der Waals surface area contributed by atoms with E-state index in [0.29, 0.717) is 52.0 Å². The lowest BCUT2D eigenvalue weighted by Gasteiger charge is -2.34. The predicted octanol–water partition coefficient (Wildman–Crippen LogP) is 2.28. The number of piperidine rings is 1. The number of carbonyl (C=O) groups excluding carboxylic acids is 2. The summed E-state index contributed by atoms with van der Waals surface area (Å²) < 4.78 is 5.78. The van der Waals surface area contributed by atoms with E-state index in [1.807, 2.05) is 52.3 Å². The van der Waals surface area contributed by atoms with Crippen molar-refractivity contribution in [2.75, 3.05) is 26.2 Å². The van der Waals surface area contributed by atoms with E-state index in [1.54, 1.807) is 6.20 Å². The molecule has 28 heavy (non-hydrogen) atoms. The summed E-state index contributed by atoms with van der Waals surface area (Å²) >= 11 is 0. The highest BCUT2D eigenvalue weighted by Gasteiger charge is 2.33. The van der Waals surface area contributed by atoms with Crippen molar-refractivity contribution in [2.45, 2.75) is 25.8 Å². The molecule has 2 aromatic rings. The maximum atomic E-state index is 13.2. The Morgan fingerprint density at radius 1 is 1.18 bits per heavy atom. The normalized spacial score (nSPS) is 19.6. The second-order valence-electron chi connectivity index (χ2n) is 7.36. The van der Waals surface area contributed by atoms with Crippen molar-refractivity contribution in [1.29, 1.82) is 0 Å². The molecule has 0 saturated carbocycles. The molecule has 1 aromatic carbocycles. The van der Waals surface area contributed by atoms with E-state index in [4.69, 9.17) is 4.74 Å². The first-order valence-corrected chi connectivity index (χ1v) is 9.88. The van der Waals surface area contributed by atoms with Gasteiger partial charge in [0.2, 0.25) is 11.8 Å². The van der Waals surface area contributed by atoms with Gasteiger partial charge in [-0.15, -0.1) is 0 Å². The highest BCUT2D eigenvalue weighted by atomic mass is 16.5. The zero-order valence-corrected chi connectivity index (χ0v) is 15.9. The van der Waals surface area contributed by atoms with Gasteiger partial charge in [-0.1, -0.05) is 24.3 Å². The van der Waals surface area contributed by atoms with Crippen LogP contribution in [0.5, 0.6) is 5.75 Å². The van der Waals surface area contributed by atoms with Crippen LogP contribution in [0.3, 0.4) is 0 Å². The molecule has 6 heteroatoms. The summed E-state index contributed by atoms with van der Waals surface area (Å²) in [6, 6.07) is 13.7. The highest BCUT2D eigenvalue weighted by molar-refractivity contribution is 5.84. The van der Waals surface area contributed by atoms with E-state index < -0.39 is 0 Å². The summed E-state index contributed by atoms with van der Waals surface area (Å²) in [5.41, 5.74) is 2.00. The van der Waals surface area contributed by atoms with Crippen molar-refractivity contribution in [2.24, 2.45) is 5.92 Å². The minimum absolute atomic E-state index is 0.121. The quantitative estimate of drug-likeness (QED) is 0.818. The maximum absolute atomic E-state index is 13.2. The fourth-order valence-electron chi connectivity index (χ4n) is 3.90. The Hall–Kier alpha value is -2.89. The van der Waals surface area contributed by atoms with Crippen LogP contribution in [0.25, 0.3) is 0 Å². The molecule has 0 unspecified atom stereocenters. The molecule has 1 saturated heterocycles. The highest BCUT2D eigenvalue weighted by Crippen LogP contribution is 2.26. The number of hydrogen-bond acceptors (Lipinski definition) is 4. The van der Waals surface area contributed by atoms with Crippen molar-refractivity contribution in [3.05, 3.63) is 59.9 Å². The molecule has 2 amide bonds. The molecule has 1 atom stereocenters. The van der Waals surface area contributed by atoms with Gasteiger partial charge in [0.25, 0.3) is 0 Å². The average Bonchev–Trinajstić information content (AvgIpc) is 2.96. The fraction of sp³-hybridized carbons (Fsp3) is 0.409. The summed E-state index contributed by atoms with van der Waals surface area (Å²) in [4.78, 5) is 33.5. The summed E-state index contributed by atoms with van der Waals surface area (Å²) in [5.74, 6) is 0.959. The van der Waals surface area contributed by atoms with E-state index in [0.717, 1.165) is 17.0 Å². The lowest BCUT2D eigenvalue weighted by molar-refractivity contribution is -0.143. The number of hydrogen-bond donors (Lipinski definition) is 0. The summed E-state index contributed by atoms with van der Waals surface area (Å²) in [5, 5.41) is 0. The van der Waals surface area contributed by atoms with Gasteiger partial charge in [-0.05, 0) is 24.6 Å². The van der Waals surface area contributed by atoms with E-state index in [9.17, 15) is 9.59 Å². The van der Waals surface area contributed by atoms with Gasteiger partial charge in [-0.25, -0.2) is 0 Å². The molecule has 0 bridgehead atoms. The summed E-state index contributed by atoms with van der Waals surface area (Å²) in [7, 11) is 0. The average molecular weight is 379 g/mol. The minimum atomic E-state index is -0.147. The molecule has 1 fully saturated rings. The maximum Gasteiger partial charge on any atom is 0.227 e. The van der Waals surface area contributed by atoms with Crippen LogP contribution in [0, 0.1) is 5.92 Å². The molecule has 2 aliphatic heterocycles. The number of ether oxygens (including phenoxy) is 1. The van der Waals surface area contributed by atoms with E-state index >= 15 is 0 Å². The van der Waals surface area contributed by atoms with Crippen LogP contribution in [0.2, 0.25) is 0 Å². The van der Waals surface area contributed by atoms with Gasteiger partial charge in [0.15, 0.2) is 0 Å². The number of para-hydroxylation sites is 1. The van der Waals surface area contributed by atoms with Gasteiger partial charge in [0, 0.05) is 49.9 Å². The molecule has 4 rings (SSSR count). The van der Waals surface area contributed by atoms with Crippen LogP contribution in [0.4, 0.5) is 0 Å². The summed E-state index contributed by atoms with van der Waals surface area (Å²) in [6.45, 7) is 2.73. The Bertz CT molecular complexity index is 840. The number of aromatic nitrogens is 1. The van der Waals surface area contributed by atoms with Gasteiger partial charge < -0.3 is 14.5 Å². The van der Waals surface area contributed by atoms with E-state index in [2.05, 4.69) is 4.98 Å². The number of carbonyl (C=O) groups is 2. The van der Waals surface area contributed by atoms with Gasteiger partial charge in [-0.3, -0.25) is 14.6 Å². The molecule has 0 aliphatic carbocycles. The molecule has 146 valence electrons. The standard InChI is InChI=1S/C22H25N3O3/c26-21-9-8-18(16-24(21)12-10-19-6-3-4-11-23-19)22(27)25-13-14-28-20-7-2-1-5-17(20)15-25/h1-7,11,18H,8-10,12-16H2/t18-/m0/s1. The first-order chi connectivity index (χ1) is 13.7. The molecule has 0 radical (unpaired) electrons. The molecule has 0 spiro atoms.